The van der Waals surface area contributed by atoms with E-state index in [1.807, 2.05) is 6.07 Å². The van der Waals surface area contributed by atoms with Gasteiger partial charge in [-0.15, -0.1) is 0 Å². The van der Waals surface area contributed by atoms with Crippen LogP contribution in [0.2, 0.25) is 0 Å². The summed E-state index contributed by atoms with van der Waals surface area (Å²) in [6, 6.07) is 11.5. The summed E-state index contributed by atoms with van der Waals surface area (Å²) in [6.07, 6.45) is 4.20. The Bertz CT molecular complexity index is 1040. The molecule has 6 nitrogen and oxygen atoms in total. The monoisotopic (exact) mass is 407 g/mol. The smallest absolute Gasteiger partial charge is 0.258 e. The van der Waals surface area contributed by atoms with Crippen LogP contribution in [0.1, 0.15) is 54.4 Å². The van der Waals surface area contributed by atoms with Gasteiger partial charge >= 0.3 is 0 Å². The zero-order chi connectivity index (χ0) is 20.9. The molecule has 2 aromatic carbocycles. The quantitative estimate of drug-likeness (QED) is 0.829. The highest BCUT2D eigenvalue weighted by molar-refractivity contribution is 6.08. The van der Waals surface area contributed by atoms with Crippen molar-refractivity contribution in [3.8, 4) is 0 Å². The Kier molecular flexibility index (Phi) is 4.34. The van der Waals surface area contributed by atoms with Crippen molar-refractivity contribution in [1.29, 1.82) is 0 Å². The first kappa shape index (κ1) is 18.8. The van der Waals surface area contributed by atoms with Gasteiger partial charge in [0.15, 0.2) is 0 Å². The van der Waals surface area contributed by atoms with Crippen molar-refractivity contribution < 1.29 is 18.8 Å². The first-order valence-electron chi connectivity index (χ1n) is 10.3. The molecule has 0 radical (unpaired) electrons. The SMILES string of the molecule is O=C1CCC(=O)N(c2ccc(C(=O)N3CC4(CCCC4)c4c(F)cccc43)cc2)N1. The lowest BCUT2D eigenvalue weighted by molar-refractivity contribution is -0.130. The van der Waals surface area contributed by atoms with E-state index in [1.54, 1.807) is 35.2 Å². The van der Waals surface area contributed by atoms with E-state index < -0.39 is 0 Å². The van der Waals surface area contributed by atoms with Gasteiger partial charge in [0.05, 0.1) is 11.4 Å². The van der Waals surface area contributed by atoms with E-state index >= 15 is 0 Å². The lowest BCUT2D eigenvalue weighted by Gasteiger charge is -2.27. The van der Waals surface area contributed by atoms with Gasteiger partial charge < -0.3 is 4.90 Å². The van der Waals surface area contributed by atoms with E-state index in [-0.39, 0.29) is 41.8 Å². The van der Waals surface area contributed by atoms with Crippen molar-refractivity contribution in [3.63, 3.8) is 0 Å². The lowest BCUT2D eigenvalue weighted by Crippen LogP contribution is -2.50. The molecule has 2 aromatic rings. The minimum Gasteiger partial charge on any atom is -0.307 e. The zero-order valence-corrected chi connectivity index (χ0v) is 16.5. The van der Waals surface area contributed by atoms with E-state index in [4.69, 9.17) is 0 Å². The molecule has 2 heterocycles. The highest BCUT2D eigenvalue weighted by atomic mass is 19.1. The Labute approximate surface area is 173 Å². The summed E-state index contributed by atoms with van der Waals surface area (Å²) < 4.78 is 14.7. The van der Waals surface area contributed by atoms with Gasteiger partial charge in [0.1, 0.15) is 5.82 Å². The van der Waals surface area contributed by atoms with E-state index in [2.05, 4.69) is 5.43 Å². The molecule has 0 aromatic heterocycles. The maximum atomic E-state index is 14.7. The molecule has 1 saturated heterocycles. The number of fused-ring (bicyclic) bond motifs is 2. The fourth-order valence-corrected chi connectivity index (χ4v) is 5.06. The molecule has 5 rings (SSSR count). The molecule has 2 aliphatic heterocycles. The maximum absolute atomic E-state index is 14.7. The van der Waals surface area contributed by atoms with E-state index in [0.29, 0.717) is 29.0 Å². The molecule has 1 saturated carbocycles. The number of rotatable bonds is 2. The van der Waals surface area contributed by atoms with Crippen LogP contribution in [-0.2, 0) is 15.0 Å². The lowest BCUT2D eigenvalue weighted by atomic mass is 9.80. The molecule has 0 unspecified atom stereocenters. The second-order valence-electron chi connectivity index (χ2n) is 8.32. The van der Waals surface area contributed by atoms with Gasteiger partial charge in [0.25, 0.3) is 5.91 Å². The number of carbonyl (C=O) groups is 3. The van der Waals surface area contributed by atoms with Gasteiger partial charge in [-0.1, -0.05) is 18.9 Å². The first-order chi connectivity index (χ1) is 14.5. The third-order valence-corrected chi connectivity index (χ3v) is 6.50. The molecule has 30 heavy (non-hydrogen) atoms. The number of amides is 3. The van der Waals surface area contributed by atoms with E-state index in [0.717, 1.165) is 25.7 Å². The van der Waals surface area contributed by atoms with Crippen LogP contribution in [0.5, 0.6) is 0 Å². The van der Waals surface area contributed by atoms with Crippen molar-refractivity contribution >= 4 is 29.1 Å². The molecule has 3 amide bonds. The Morgan fingerprint density at radius 1 is 1.00 bits per heavy atom. The second kappa shape index (κ2) is 6.93. The second-order valence-corrected chi connectivity index (χ2v) is 8.32. The van der Waals surface area contributed by atoms with Crippen LogP contribution in [0.3, 0.4) is 0 Å². The van der Waals surface area contributed by atoms with Crippen LogP contribution in [0.4, 0.5) is 15.8 Å². The number of hydrazine groups is 1. The Morgan fingerprint density at radius 3 is 2.47 bits per heavy atom. The Morgan fingerprint density at radius 2 is 1.73 bits per heavy atom. The number of hydrogen-bond acceptors (Lipinski definition) is 3. The van der Waals surface area contributed by atoms with Crippen LogP contribution in [0, 0.1) is 5.82 Å². The number of anilines is 2. The average molecular weight is 407 g/mol. The number of halogens is 1. The first-order valence-corrected chi connectivity index (χ1v) is 10.3. The third kappa shape index (κ3) is 2.88. The van der Waals surface area contributed by atoms with Crippen LogP contribution < -0.4 is 15.3 Å². The minimum absolute atomic E-state index is 0.157. The van der Waals surface area contributed by atoms with Gasteiger partial charge in [-0.3, -0.25) is 19.8 Å². The van der Waals surface area contributed by atoms with E-state index in [1.165, 1.54) is 11.1 Å². The van der Waals surface area contributed by atoms with Crippen molar-refractivity contribution in [2.24, 2.45) is 0 Å². The third-order valence-electron chi connectivity index (χ3n) is 6.50. The van der Waals surface area contributed by atoms with Crippen LogP contribution >= 0.6 is 0 Å². The van der Waals surface area contributed by atoms with Crippen molar-refractivity contribution in [1.82, 2.24) is 5.43 Å². The molecule has 7 heteroatoms. The summed E-state index contributed by atoms with van der Waals surface area (Å²) in [7, 11) is 0. The predicted molar refractivity (Wildman–Crippen MR) is 110 cm³/mol. The van der Waals surface area contributed by atoms with Crippen molar-refractivity contribution in [2.75, 3.05) is 16.5 Å². The van der Waals surface area contributed by atoms with Crippen LogP contribution in [0.25, 0.3) is 0 Å². The molecule has 154 valence electrons. The summed E-state index contributed by atoms with van der Waals surface area (Å²) in [5, 5.41) is 1.22. The average Bonchev–Trinajstić information content (AvgIpc) is 3.35. The molecule has 0 bridgehead atoms. The van der Waals surface area contributed by atoms with Gasteiger partial charge in [-0.2, -0.15) is 0 Å². The van der Waals surface area contributed by atoms with Gasteiger partial charge in [0.2, 0.25) is 11.8 Å². The molecule has 3 aliphatic rings. The summed E-state index contributed by atoms with van der Waals surface area (Å²) in [5.74, 6) is -0.835. The highest BCUT2D eigenvalue weighted by Crippen LogP contribution is 2.51. The Hall–Kier alpha value is -3.22. The van der Waals surface area contributed by atoms with Gasteiger partial charge in [-0.25, -0.2) is 9.40 Å². The largest absolute Gasteiger partial charge is 0.307 e. The summed E-state index contributed by atoms with van der Waals surface area (Å²) in [6.45, 7) is 0.491. The fourth-order valence-electron chi connectivity index (χ4n) is 5.06. The molecular weight excluding hydrogens is 385 g/mol. The highest BCUT2D eigenvalue weighted by Gasteiger charge is 2.48. The number of hydrogen-bond donors (Lipinski definition) is 1. The van der Waals surface area contributed by atoms with Gasteiger partial charge in [0, 0.05) is 35.9 Å². The molecule has 2 fully saturated rings. The summed E-state index contributed by atoms with van der Waals surface area (Å²) in [5.41, 5.74) is 4.55. The normalized spacial score (nSPS) is 19.9. The maximum Gasteiger partial charge on any atom is 0.258 e. The summed E-state index contributed by atoms with van der Waals surface area (Å²) >= 11 is 0. The number of nitrogens with zero attached hydrogens (tertiary/aromatic N) is 2. The number of carbonyl (C=O) groups excluding carboxylic acids is 3. The van der Waals surface area contributed by atoms with E-state index in [9.17, 15) is 18.8 Å². The molecule has 1 spiro atoms. The number of benzene rings is 2. The fraction of sp³-hybridized carbons (Fsp3) is 0.348. The zero-order valence-electron chi connectivity index (χ0n) is 16.5. The minimum atomic E-state index is -0.291. The molecule has 0 atom stereocenters. The van der Waals surface area contributed by atoms with Crippen molar-refractivity contribution in [3.05, 3.63) is 59.4 Å². The molecular formula is C23H22FN3O3. The van der Waals surface area contributed by atoms with Gasteiger partial charge in [-0.05, 0) is 49.2 Å². The van der Waals surface area contributed by atoms with Crippen LogP contribution in [-0.4, -0.2) is 24.3 Å². The topological polar surface area (TPSA) is 69.7 Å². The van der Waals surface area contributed by atoms with Crippen molar-refractivity contribution in [2.45, 2.75) is 43.9 Å². The molecule has 1 N–H and O–H groups in total. The Balaban J connectivity index is 1.44. The standard InChI is InChI=1S/C23H22FN3O3/c24-17-4-3-5-18-21(17)23(12-1-2-13-23)14-26(18)22(30)15-6-8-16(9-7-15)27-20(29)11-10-19(28)25-27/h3-9H,1-2,10-14H2,(H,25,28). The van der Waals surface area contributed by atoms with Crippen LogP contribution in [0.15, 0.2) is 42.5 Å². The number of nitrogens with one attached hydrogen (secondary N) is 1. The molecule has 1 aliphatic carbocycles. The predicted octanol–water partition coefficient (Wildman–Crippen LogP) is 3.46. The summed E-state index contributed by atoms with van der Waals surface area (Å²) in [4.78, 5) is 38.7.